The number of nitrogens with zero attached hydrogens (tertiary/aromatic N) is 5. The minimum Gasteiger partial charge on any atom is -0.376 e. The summed E-state index contributed by atoms with van der Waals surface area (Å²) in [5, 5.41) is 5.67. The van der Waals surface area contributed by atoms with Crippen LogP contribution >= 0.6 is 0 Å². The SMILES string of the molecule is CCc1cc(Nc2cc(NC(C)=O)ncc2-c2cnc([C@@H]3COCCO3)cn2)nc(C(C)(F)F)n1. The minimum absolute atomic E-state index is 0.173. The van der Waals surface area contributed by atoms with Crippen molar-refractivity contribution in [2.24, 2.45) is 0 Å². The zero-order valence-electron chi connectivity index (χ0n) is 19.5. The first-order valence-corrected chi connectivity index (χ1v) is 11.1. The molecule has 3 aromatic rings. The molecule has 4 heterocycles. The van der Waals surface area contributed by atoms with Crippen LogP contribution in [0.25, 0.3) is 11.3 Å². The summed E-state index contributed by atoms with van der Waals surface area (Å²) >= 11 is 0. The van der Waals surface area contributed by atoms with Crippen LogP contribution in [-0.2, 0) is 26.6 Å². The minimum atomic E-state index is -3.21. The molecule has 0 bridgehead atoms. The third-order valence-electron chi connectivity index (χ3n) is 5.10. The number of amides is 1. The van der Waals surface area contributed by atoms with Gasteiger partial charge in [0.05, 0.1) is 49.3 Å². The zero-order valence-corrected chi connectivity index (χ0v) is 19.5. The van der Waals surface area contributed by atoms with Crippen molar-refractivity contribution in [2.45, 2.75) is 39.2 Å². The van der Waals surface area contributed by atoms with Gasteiger partial charge in [-0.15, -0.1) is 0 Å². The van der Waals surface area contributed by atoms with E-state index in [0.717, 1.165) is 6.92 Å². The van der Waals surface area contributed by atoms with Crippen LogP contribution in [0.15, 0.2) is 30.7 Å². The van der Waals surface area contributed by atoms with Crippen molar-refractivity contribution in [2.75, 3.05) is 30.5 Å². The van der Waals surface area contributed by atoms with Crippen molar-refractivity contribution in [1.29, 1.82) is 0 Å². The van der Waals surface area contributed by atoms with E-state index in [1.54, 1.807) is 24.5 Å². The van der Waals surface area contributed by atoms with Crippen LogP contribution in [0.5, 0.6) is 0 Å². The van der Waals surface area contributed by atoms with Gasteiger partial charge in [-0.25, -0.2) is 15.0 Å². The number of aryl methyl sites for hydroxylation is 1. The van der Waals surface area contributed by atoms with Crippen molar-refractivity contribution in [3.8, 4) is 11.3 Å². The Kier molecular flexibility index (Phi) is 7.22. The molecule has 0 saturated carbocycles. The summed E-state index contributed by atoms with van der Waals surface area (Å²) < 4.78 is 39.0. The van der Waals surface area contributed by atoms with Gasteiger partial charge in [-0.3, -0.25) is 14.8 Å². The van der Waals surface area contributed by atoms with Gasteiger partial charge in [0.15, 0.2) is 0 Å². The second-order valence-corrected chi connectivity index (χ2v) is 7.99. The highest BCUT2D eigenvalue weighted by Crippen LogP contribution is 2.32. The van der Waals surface area contributed by atoms with Crippen molar-refractivity contribution in [3.05, 3.63) is 47.9 Å². The Bertz CT molecular complexity index is 1200. The number of hydrogen-bond acceptors (Lipinski definition) is 9. The van der Waals surface area contributed by atoms with E-state index < -0.39 is 11.7 Å². The fourth-order valence-corrected chi connectivity index (χ4v) is 3.39. The third-order valence-corrected chi connectivity index (χ3v) is 5.10. The molecule has 1 amide bonds. The molecule has 1 aliphatic heterocycles. The highest BCUT2D eigenvalue weighted by atomic mass is 19.3. The van der Waals surface area contributed by atoms with Gasteiger partial charge in [-0.05, 0) is 6.42 Å². The monoisotopic (exact) mass is 485 g/mol. The summed E-state index contributed by atoms with van der Waals surface area (Å²) in [6, 6.07) is 3.16. The lowest BCUT2D eigenvalue weighted by molar-refractivity contribution is -0.114. The summed E-state index contributed by atoms with van der Waals surface area (Å²) in [4.78, 5) is 32.7. The number of alkyl halides is 2. The largest absolute Gasteiger partial charge is 0.376 e. The maximum Gasteiger partial charge on any atom is 0.303 e. The van der Waals surface area contributed by atoms with Crippen molar-refractivity contribution >= 4 is 23.2 Å². The topological polar surface area (TPSA) is 124 Å². The number of aromatic nitrogens is 5. The molecule has 0 aromatic carbocycles. The molecule has 12 heteroatoms. The van der Waals surface area contributed by atoms with E-state index in [0.29, 0.717) is 54.6 Å². The summed E-state index contributed by atoms with van der Waals surface area (Å²) in [7, 11) is 0. The first-order chi connectivity index (χ1) is 16.7. The maximum absolute atomic E-state index is 14.0. The Labute approximate surface area is 200 Å². The van der Waals surface area contributed by atoms with Gasteiger partial charge >= 0.3 is 5.92 Å². The summed E-state index contributed by atoms with van der Waals surface area (Å²) in [6.07, 6.45) is 4.81. The first kappa shape index (κ1) is 24.5. The Morgan fingerprint density at radius 2 is 1.94 bits per heavy atom. The highest BCUT2D eigenvalue weighted by molar-refractivity contribution is 5.89. The second-order valence-electron chi connectivity index (χ2n) is 7.99. The zero-order chi connectivity index (χ0) is 25.0. The van der Waals surface area contributed by atoms with E-state index in [9.17, 15) is 13.6 Å². The van der Waals surface area contributed by atoms with Crippen LogP contribution in [0.4, 0.5) is 26.1 Å². The van der Waals surface area contributed by atoms with Crippen LogP contribution in [-0.4, -0.2) is 50.6 Å². The molecule has 4 rings (SSSR count). The van der Waals surface area contributed by atoms with Crippen LogP contribution in [0.1, 0.15) is 44.1 Å². The van der Waals surface area contributed by atoms with Crippen LogP contribution < -0.4 is 10.6 Å². The van der Waals surface area contributed by atoms with E-state index in [2.05, 4.69) is 35.6 Å². The molecule has 1 aliphatic rings. The number of pyridine rings is 1. The Morgan fingerprint density at radius 3 is 2.57 bits per heavy atom. The standard InChI is InChI=1S/C23H25F2N7O3/c1-4-14-7-21(32-22(30-14)23(3,24)25)31-16-8-20(29-13(2)33)28-9-15(16)17-10-27-18(11-26-17)19-12-34-5-6-35-19/h7-11,19H,4-6,12H2,1-3H3,(H2,28,29,30,31,32,33)/t19-/m0/s1. The normalized spacial score (nSPS) is 16.1. The van der Waals surface area contributed by atoms with Crippen LogP contribution in [0.2, 0.25) is 0 Å². The number of halogens is 2. The fraction of sp³-hybridized carbons (Fsp3) is 0.391. The number of carbonyl (C=O) groups is 1. The molecule has 0 radical (unpaired) electrons. The van der Waals surface area contributed by atoms with Crippen LogP contribution in [0, 0.1) is 0 Å². The van der Waals surface area contributed by atoms with Gasteiger partial charge in [-0.2, -0.15) is 8.78 Å². The molecule has 0 spiro atoms. The van der Waals surface area contributed by atoms with Gasteiger partial charge in [0.1, 0.15) is 17.7 Å². The second kappa shape index (κ2) is 10.3. The fourth-order valence-electron chi connectivity index (χ4n) is 3.39. The Hall–Kier alpha value is -3.64. The van der Waals surface area contributed by atoms with Crippen molar-refractivity contribution in [3.63, 3.8) is 0 Å². The molecule has 1 fully saturated rings. The number of anilines is 3. The lowest BCUT2D eigenvalue weighted by Gasteiger charge is -2.22. The predicted molar refractivity (Wildman–Crippen MR) is 123 cm³/mol. The lowest BCUT2D eigenvalue weighted by atomic mass is 10.1. The quantitative estimate of drug-likeness (QED) is 0.514. The molecule has 35 heavy (non-hydrogen) atoms. The molecule has 184 valence electrons. The molecule has 2 N–H and O–H groups in total. The molecule has 0 unspecified atom stereocenters. The molecule has 1 atom stereocenters. The van der Waals surface area contributed by atoms with Crippen molar-refractivity contribution in [1.82, 2.24) is 24.9 Å². The maximum atomic E-state index is 14.0. The highest BCUT2D eigenvalue weighted by Gasteiger charge is 2.29. The number of rotatable bonds is 7. The Balaban J connectivity index is 1.71. The van der Waals surface area contributed by atoms with E-state index in [-0.39, 0.29) is 23.6 Å². The van der Waals surface area contributed by atoms with E-state index >= 15 is 0 Å². The Morgan fingerprint density at radius 1 is 1.11 bits per heavy atom. The third kappa shape index (κ3) is 6.08. The van der Waals surface area contributed by atoms with Gasteiger partial charge in [0.25, 0.3) is 0 Å². The van der Waals surface area contributed by atoms with Crippen LogP contribution in [0.3, 0.4) is 0 Å². The van der Waals surface area contributed by atoms with Gasteiger partial charge in [-0.1, -0.05) is 6.92 Å². The molecule has 10 nitrogen and oxygen atoms in total. The lowest BCUT2D eigenvalue weighted by Crippen LogP contribution is -2.22. The molecule has 0 aliphatic carbocycles. The smallest absolute Gasteiger partial charge is 0.303 e. The van der Waals surface area contributed by atoms with Gasteiger partial charge < -0.3 is 20.1 Å². The molecule has 1 saturated heterocycles. The van der Waals surface area contributed by atoms with E-state index in [1.807, 2.05) is 6.92 Å². The number of hydrogen-bond donors (Lipinski definition) is 2. The molecular formula is C23H25F2N7O3. The average molecular weight is 485 g/mol. The van der Waals surface area contributed by atoms with Crippen molar-refractivity contribution < 1.29 is 23.0 Å². The number of ether oxygens (including phenoxy) is 2. The summed E-state index contributed by atoms with van der Waals surface area (Å²) in [5.41, 5.74) is 2.52. The molecule has 3 aromatic heterocycles. The number of carbonyl (C=O) groups excluding carboxylic acids is 1. The molecular weight excluding hydrogens is 460 g/mol. The van der Waals surface area contributed by atoms with Gasteiger partial charge in [0, 0.05) is 43.4 Å². The van der Waals surface area contributed by atoms with E-state index in [4.69, 9.17) is 9.47 Å². The van der Waals surface area contributed by atoms with E-state index in [1.165, 1.54) is 13.1 Å². The summed E-state index contributed by atoms with van der Waals surface area (Å²) in [6.45, 7) is 5.33. The summed E-state index contributed by atoms with van der Waals surface area (Å²) in [5.74, 6) is -3.66. The predicted octanol–water partition coefficient (Wildman–Crippen LogP) is 3.79. The average Bonchev–Trinajstić information content (AvgIpc) is 2.84. The van der Waals surface area contributed by atoms with Gasteiger partial charge in [0.2, 0.25) is 11.7 Å². The number of nitrogens with one attached hydrogen (secondary N) is 2. The first-order valence-electron chi connectivity index (χ1n) is 11.1.